The van der Waals surface area contributed by atoms with Crippen LogP contribution in [0.25, 0.3) is 11.4 Å². The van der Waals surface area contributed by atoms with Gasteiger partial charge in [0.05, 0.1) is 13.7 Å². The normalized spacial score (nSPS) is 14.8. The summed E-state index contributed by atoms with van der Waals surface area (Å²) in [6.07, 6.45) is 2.67. The minimum atomic E-state index is 0.0839. The molecule has 1 N–H and O–H groups in total. The second-order valence-corrected chi connectivity index (χ2v) is 9.27. The van der Waals surface area contributed by atoms with Crippen molar-refractivity contribution in [2.75, 3.05) is 32.5 Å². The molecule has 7 nitrogen and oxygen atoms in total. The Morgan fingerprint density at radius 3 is 2.64 bits per heavy atom. The zero-order valence-corrected chi connectivity index (χ0v) is 19.7. The quantitative estimate of drug-likeness (QED) is 0.353. The number of likely N-dealkylation sites (tertiary alicyclic amines) is 1. The largest absolute Gasteiger partial charge is 0.497 e. The van der Waals surface area contributed by atoms with Gasteiger partial charge < -0.3 is 14.6 Å². The molecule has 0 atom stereocenters. The fourth-order valence-corrected chi connectivity index (χ4v) is 4.73. The predicted octanol–water partition coefficient (Wildman–Crippen LogP) is 4.26. The van der Waals surface area contributed by atoms with Crippen LogP contribution in [0.5, 0.6) is 5.75 Å². The predicted molar refractivity (Wildman–Crippen MR) is 129 cm³/mol. The second kappa shape index (κ2) is 11.9. The number of ether oxygens (including phenoxy) is 1. The van der Waals surface area contributed by atoms with Gasteiger partial charge >= 0.3 is 0 Å². The van der Waals surface area contributed by atoms with E-state index in [0.29, 0.717) is 18.3 Å². The number of nitrogens with zero attached hydrogens (tertiary/aromatic N) is 3. The number of amides is 1. The Morgan fingerprint density at radius 1 is 1.15 bits per heavy atom. The van der Waals surface area contributed by atoms with Gasteiger partial charge in [-0.3, -0.25) is 9.69 Å². The summed E-state index contributed by atoms with van der Waals surface area (Å²) in [7, 11) is 1.64. The van der Waals surface area contributed by atoms with Crippen LogP contribution >= 0.6 is 11.8 Å². The van der Waals surface area contributed by atoms with E-state index in [1.165, 1.54) is 4.90 Å². The zero-order valence-electron chi connectivity index (χ0n) is 18.9. The first-order valence-corrected chi connectivity index (χ1v) is 12.3. The molecule has 1 aliphatic heterocycles. The van der Waals surface area contributed by atoms with E-state index >= 15 is 0 Å². The number of thioether (sulfide) groups is 1. The Labute approximate surface area is 198 Å². The molecule has 1 amide bonds. The molecule has 0 spiro atoms. The van der Waals surface area contributed by atoms with Crippen molar-refractivity contribution in [1.82, 2.24) is 20.4 Å². The van der Waals surface area contributed by atoms with Crippen LogP contribution in [0.3, 0.4) is 0 Å². The standard InChI is InChI=1S/C25H30N4O3S/c1-31-21-10-8-19(9-11-21)24-27-23(32-28-24)18-29-15-12-20(13-16-29)25(30)26-14-5-17-33-22-6-3-2-4-7-22/h2-4,6-11,20H,5,12-18H2,1H3,(H,26,30). The Kier molecular flexibility index (Phi) is 8.38. The van der Waals surface area contributed by atoms with Crippen molar-refractivity contribution in [2.45, 2.75) is 30.7 Å². The minimum absolute atomic E-state index is 0.0839. The SMILES string of the molecule is COc1ccc(-c2noc(CN3CCC(C(=O)NCCCSc4ccccc4)CC3)n2)cc1. The summed E-state index contributed by atoms with van der Waals surface area (Å²) in [4.78, 5) is 20.6. The lowest BCUT2D eigenvalue weighted by Gasteiger charge is -2.30. The molecule has 33 heavy (non-hydrogen) atoms. The lowest BCUT2D eigenvalue weighted by Crippen LogP contribution is -2.40. The van der Waals surface area contributed by atoms with Crippen LogP contribution in [0.4, 0.5) is 0 Å². The Hall–Kier alpha value is -2.84. The topological polar surface area (TPSA) is 80.5 Å². The van der Waals surface area contributed by atoms with Crippen LogP contribution in [-0.4, -0.2) is 53.4 Å². The number of piperidine rings is 1. The van der Waals surface area contributed by atoms with Crippen molar-refractivity contribution in [3.05, 3.63) is 60.5 Å². The van der Waals surface area contributed by atoms with Gasteiger partial charge in [-0.1, -0.05) is 23.4 Å². The molecule has 0 unspecified atom stereocenters. The van der Waals surface area contributed by atoms with Gasteiger partial charge in [0.1, 0.15) is 5.75 Å². The maximum Gasteiger partial charge on any atom is 0.241 e. The summed E-state index contributed by atoms with van der Waals surface area (Å²) >= 11 is 1.83. The molecule has 3 aromatic rings. The van der Waals surface area contributed by atoms with Crippen molar-refractivity contribution < 1.29 is 14.1 Å². The van der Waals surface area contributed by atoms with Crippen LogP contribution in [0.1, 0.15) is 25.2 Å². The van der Waals surface area contributed by atoms with Crippen molar-refractivity contribution in [1.29, 1.82) is 0 Å². The van der Waals surface area contributed by atoms with E-state index in [1.54, 1.807) is 7.11 Å². The van der Waals surface area contributed by atoms with Gasteiger partial charge in [0.25, 0.3) is 0 Å². The molecule has 4 rings (SSSR count). The first kappa shape index (κ1) is 23.3. The number of benzene rings is 2. The van der Waals surface area contributed by atoms with Gasteiger partial charge in [0, 0.05) is 22.9 Å². The first-order chi connectivity index (χ1) is 16.2. The molecule has 8 heteroatoms. The number of hydrogen-bond acceptors (Lipinski definition) is 7. The lowest BCUT2D eigenvalue weighted by atomic mass is 9.96. The van der Waals surface area contributed by atoms with E-state index in [4.69, 9.17) is 9.26 Å². The number of nitrogens with one attached hydrogen (secondary N) is 1. The summed E-state index contributed by atoms with van der Waals surface area (Å²) in [5.41, 5.74) is 0.892. The highest BCUT2D eigenvalue weighted by molar-refractivity contribution is 7.99. The molecule has 0 aliphatic carbocycles. The zero-order chi connectivity index (χ0) is 22.9. The third kappa shape index (κ3) is 6.82. The maximum atomic E-state index is 12.5. The summed E-state index contributed by atoms with van der Waals surface area (Å²) in [5.74, 6) is 3.23. The summed E-state index contributed by atoms with van der Waals surface area (Å²) in [6.45, 7) is 3.04. The van der Waals surface area contributed by atoms with Crippen LogP contribution < -0.4 is 10.1 Å². The number of carbonyl (C=O) groups is 1. The molecule has 1 fully saturated rings. The molecular formula is C25H30N4O3S. The van der Waals surface area contributed by atoms with Crippen LogP contribution in [0, 0.1) is 5.92 Å². The smallest absolute Gasteiger partial charge is 0.241 e. The summed E-state index contributed by atoms with van der Waals surface area (Å²) < 4.78 is 10.6. The molecule has 0 bridgehead atoms. The molecule has 1 aromatic heterocycles. The van der Waals surface area contributed by atoms with Gasteiger partial charge in [-0.25, -0.2) is 0 Å². The van der Waals surface area contributed by atoms with Gasteiger partial charge in [-0.2, -0.15) is 4.98 Å². The molecule has 2 aromatic carbocycles. The average molecular weight is 467 g/mol. The molecule has 1 aliphatic rings. The van der Waals surface area contributed by atoms with Gasteiger partial charge in [0.2, 0.25) is 17.6 Å². The van der Waals surface area contributed by atoms with E-state index in [-0.39, 0.29) is 11.8 Å². The summed E-state index contributed by atoms with van der Waals surface area (Å²) in [6, 6.07) is 17.9. The number of carbonyl (C=O) groups excluding carboxylic acids is 1. The second-order valence-electron chi connectivity index (χ2n) is 8.10. The molecule has 2 heterocycles. The third-order valence-electron chi connectivity index (χ3n) is 5.77. The molecule has 0 saturated carbocycles. The van der Waals surface area contributed by atoms with Gasteiger partial charge in [0.15, 0.2) is 0 Å². The highest BCUT2D eigenvalue weighted by atomic mass is 32.2. The fraction of sp³-hybridized carbons (Fsp3) is 0.400. The Morgan fingerprint density at radius 2 is 1.91 bits per heavy atom. The fourth-order valence-electron chi connectivity index (χ4n) is 3.86. The van der Waals surface area contributed by atoms with E-state index in [1.807, 2.05) is 42.1 Å². The van der Waals surface area contributed by atoms with E-state index < -0.39 is 0 Å². The number of aromatic nitrogens is 2. The van der Waals surface area contributed by atoms with Crippen molar-refractivity contribution in [3.8, 4) is 17.1 Å². The van der Waals surface area contributed by atoms with Crippen molar-refractivity contribution in [3.63, 3.8) is 0 Å². The highest BCUT2D eigenvalue weighted by Crippen LogP contribution is 2.22. The van der Waals surface area contributed by atoms with Crippen LogP contribution in [0.15, 0.2) is 64.0 Å². The maximum absolute atomic E-state index is 12.5. The molecular weight excluding hydrogens is 436 g/mol. The third-order valence-corrected chi connectivity index (χ3v) is 6.86. The van der Waals surface area contributed by atoms with Gasteiger partial charge in [-0.15, -0.1) is 11.8 Å². The molecule has 0 radical (unpaired) electrons. The average Bonchev–Trinajstić information content (AvgIpc) is 3.33. The molecule has 174 valence electrons. The van der Waals surface area contributed by atoms with Crippen LogP contribution in [-0.2, 0) is 11.3 Å². The lowest BCUT2D eigenvalue weighted by molar-refractivity contribution is -0.126. The molecule has 1 saturated heterocycles. The number of hydrogen-bond donors (Lipinski definition) is 1. The van der Waals surface area contributed by atoms with Crippen LogP contribution in [0.2, 0.25) is 0 Å². The Balaban J connectivity index is 1.14. The first-order valence-electron chi connectivity index (χ1n) is 11.4. The minimum Gasteiger partial charge on any atom is -0.497 e. The number of rotatable bonds is 10. The Bertz CT molecular complexity index is 1000. The van der Waals surface area contributed by atoms with Crippen molar-refractivity contribution in [2.24, 2.45) is 5.92 Å². The monoisotopic (exact) mass is 466 g/mol. The number of methoxy groups -OCH3 is 1. The van der Waals surface area contributed by atoms with E-state index in [9.17, 15) is 4.79 Å². The van der Waals surface area contributed by atoms with E-state index in [0.717, 1.165) is 56.0 Å². The van der Waals surface area contributed by atoms with Gasteiger partial charge in [-0.05, 0) is 74.5 Å². The van der Waals surface area contributed by atoms with Crippen molar-refractivity contribution >= 4 is 17.7 Å². The van der Waals surface area contributed by atoms with E-state index in [2.05, 4.69) is 44.6 Å². The summed E-state index contributed by atoms with van der Waals surface area (Å²) in [5, 5.41) is 7.21. The highest BCUT2D eigenvalue weighted by Gasteiger charge is 2.25.